The van der Waals surface area contributed by atoms with Gasteiger partial charge >= 0.3 is 5.69 Å². The van der Waals surface area contributed by atoms with Crippen molar-refractivity contribution in [3.05, 3.63) is 77.1 Å². The first kappa shape index (κ1) is 17.8. The van der Waals surface area contributed by atoms with Gasteiger partial charge in [-0.3, -0.25) is 13.9 Å². The quantitative estimate of drug-likeness (QED) is 0.562. The maximum absolute atomic E-state index is 12.6. The number of carbonyl (C=O) groups excluding carboxylic acids is 1. The molecule has 0 unspecified atom stereocenters. The summed E-state index contributed by atoms with van der Waals surface area (Å²) in [5.41, 5.74) is 3.24. The predicted molar refractivity (Wildman–Crippen MR) is 108 cm³/mol. The summed E-state index contributed by atoms with van der Waals surface area (Å²) in [4.78, 5) is 32.6. The van der Waals surface area contributed by atoms with Gasteiger partial charge in [0, 0.05) is 7.05 Å². The molecule has 0 bridgehead atoms. The minimum absolute atomic E-state index is 0.0449. The van der Waals surface area contributed by atoms with Crippen LogP contribution < -0.4 is 11.0 Å². The van der Waals surface area contributed by atoms with E-state index in [-0.39, 0.29) is 24.2 Å². The van der Waals surface area contributed by atoms with Crippen molar-refractivity contribution < 1.29 is 4.79 Å². The number of hydrogen-bond donors (Lipinski definition) is 2. The maximum Gasteiger partial charge on any atom is 0.329 e. The largest absolute Gasteiger partial charge is 0.345 e. The molecule has 0 saturated heterocycles. The normalized spacial score (nSPS) is 12.2. The number of aryl methyl sites for hydroxylation is 1. The van der Waals surface area contributed by atoms with Gasteiger partial charge in [0.2, 0.25) is 5.91 Å². The van der Waals surface area contributed by atoms with Crippen molar-refractivity contribution in [3.8, 4) is 11.3 Å². The fourth-order valence-corrected chi connectivity index (χ4v) is 3.34. The molecule has 0 radical (unpaired) electrons. The lowest BCUT2D eigenvalue weighted by molar-refractivity contribution is -0.122. The third-order valence-corrected chi connectivity index (χ3v) is 4.82. The van der Waals surface area contributed by atoms with Crippen LogP contribution in [0.3, 0.4) is 0 Å². The molecule has 4 aromatic rings. The van der Waals surface area contributed by atoms with Gasteiger partial charge in [0.1, 0.15) is 12.4 Å². The van der Waals surface area contributed by atoms with E-state index in [9.17, 15) is 9.59 Å². The number of carbonyl (C=O) groups is 1. The molecule has 0 spiro atoms. The van der Waals surface area contributed by atoms with Crippen LogP contribution in [-0.2, 0) is 18.4 Å². The van der Waals surface area contributed by atoms with E-state index < -0.39 is 0 Å². The summed E-state index contributed by atoms with van der Waals surface area (Å²) in [6.07, 6.45) is 1.75. The van der Waals surface area contributed by atoms with Gasteiger partial charge in [-0.15, -0.1) is 0 Å². The standard InChI is InChI=1S/C21H21N5O2/c1-14(20-22-12-16(24-20)15-8-4-3-5-9-15)23-19(27)13-26-18-11-7-6-10-17(18)25(2)21(26)28/h3-12,14H,13H2,1-2H3,(H,22,24)(H,23,27)/t14-/m0/s1. The number of amides is 1. The van der Waals surface area contributed by atoms with Crippen molar-refractivity contribution in [1.82, 2.24) is 24.4 Å². The number of para-hydroxylation sites is 2. The van der Waals surface area contributed by atoms with E-state index in [0.29, 0.717) is 5.82 Å². The summed E-state index contributed by atoms with van der Waals surface area (Å²) in [5, 5.41) is 2.91. The number of nitrogens with zero attached hydrogens (tertiary/aromatic N) is 3. The summed E-state index contributed by atoms with van der Waals surface area (Å²) in [7, 11) is 1.70. The highest BCUT2D eigenvalue weighted by atomic mass is 16.2. The molecule has 2 aromatic heterocycles. The van der Waals surface area contributed by atoms with Crippen LogP contribution in [0.25, 0.3) is 22.3 Å². The Morgan fingerprint density at radius 1 is 1.11 bits per heavy atom. The summed E-state index contributed by atoms with van der Waals surface area (Å²) in [5.74, 6) is 0.418. The van der Waals surface area contributed by atoms with Crippen LogP contribution in [0.4, 0.5) is 0 Å². The summed E-state index contributed by atoms with van der Waals surface area (Å²) < 4.78 is 3.03. The highest BCUT2D eigenvalue weighted by Gasteiger charge is 2.17. The van der Waals surface area contributed by atoms with Gasteiger partial charge in [-0.1, -0.05) is 42.5 Å². The van der Waals surface area contributed by atoms with E-state index in [4.69, 9.17) is 0 Å². The van der Waals surface area contributed by atoms with Crippen molar-refractivity contribution in [3.63, 3.8) is 0 Å². The number of hydrogen-bond acceptors (Lipinski definition) is 3. The van der Waals surface area contributed by atoms with Gasteiger partial charge in [-0.05, 0) is 24.6 Å². The van der Waals surface area contributed by atoms with Crippen molar-refractivity contribution in [2.75, 3.05) is 0 Å². The number of nitrogens with one attached hydrogen (secondary N) is 2. The molecule has 2 aromatic carbocycles. The van der Waals surface area contributed by atoms with E-state index in [0.717, 1.165) is 22.3 Å². The molecule has 7 heteroatoms. The second kappa shape index (κ2) is 7.19. The predicted octanol–water partition coefficient (Wildman–Crippen LogP) is 2.61. The number of benzene rings is 2. The maximum atomic E-state index is 12.6. The van der Waals surface area contributed by atoms with Gasteiger partial charge in [-0.2, -0.15) is 0 Å². The summed E-state index contributed by atoms with van der Waals surface area (Å²) in [6.45, 7) is 1.81. The Balaban J connectivity index is 1.50. The van der Waals surface area contributed by atoms with E-state index in [2.05, 4.69) is 15.3 Å². The minimum atomic E-state index is -0.310. The number of rotatable bonds is 5. The Hall–Kier alpha value is -3.61. The lowest BCUT2D eigenvalue weighted by Crippen LogP contribution is -2.34. The monoisotopic (exact) mass is 375 g/mol. The molecule has 0 aliphatic carbocycles. The average molecular weight is 375 g/mol. The fourth-order valence-electron chi connectivity index (χ4n) is 3.34. The zero-order valence-electron chi connectivity index (χ0n) is 15.7. The lowest BCUT2D eigenvalue weighted by Gasteiger charge is -2.12. The highest BCUT2D eigenvalue weighted by Crippen LogP contribution is 2.19. The number of H-pyrrole nitrogens is 1. The molecular formula is C21H21N5O2. The average Bonchev–Trinajstić information content (AvgIpc) is 3.29. The second-order valence-corrected chi connectivity index (χ2v) is 6.75. The first-order valence-electron chi connectivity index (χ1n) is 9.08. The summed E-state index contributed by atoms with van der Waals surface area (Å²) >= 11 is 0. The SMILES string of the molecule is C[C@H](NC(=O)Cn1c(=O)n(C)c2ccccc21)c1ncc(-c2ccccc2)[nH]1. The van der Waals surface area contributed by atoms with Crippen LogP contribution in [0.1, 0.15) is 18.8 Å². The molecule has 0 aliphatic rings. The van der Waals surface area contributed by atoms with E-state index >= 15 is 0 Å². The van der Waals surface area contributed by atoms with Crippen LogP contribution in [0.5, 0.6) is 0 Å². The molecule has 7 nitrogen and oxygen atoms in total. The molecule has 1 amide bonds. The molecule has 2 N–H and O–H groups in total. The second-order valence-electron chi connectivity index (χ2n) is 6.75. The van der Waals surface area contributed by atoms with Gasteiger partial charge in [0.05, 0.1) is 29.0 Å². The lowest BCUT2D eigenvalue weighted by atomic mass is 10.2. The van der Waals surface area contributed by atoms with Gasteiger partial charge in [0.25, 0.3) is 0 Å². The molecule has 28 heavy (non-hydrogen) atoms. The molecule has 0 saturated carbocycles. The van der Waals surface area contributed by atoms with E-state index in [1.165, 1.54) is 4.57 Å². The molecular weight excluding hydrogens is 354 g/mol. The first-order valence-corrected chi connectivity index (χ1v) is 9.08. The van der Waals surface area contributed by atoms with Crippen molar-refractivity contribution in [2.24, 2.45) is 7.05 Å². The Labute approximate surface area is 161 Å². The Morgan fingerprint density at radius 2 is 1.79 bits per heavy atom. The number of imidazole rings is 2. The van der Waals surface area contributed by atoms with Crippen molar-refractivity contribution >= 4 is 16.9 Å². The Kier molecular flexibility index (Phi) is 4.57. The van der Waals surface area contributed by atoms with Crippen LogP contribution in [0.2, 0.25) is 0 Å². The molecule has 142 valence electrons. The van der Waals surface area contributed by atoms with Gasteiger partial charge in [0.15, 0.2) is 0 Å². The third kappa shape index (κ3) is 3.22. The third-order valence-electron chi connectivity index (χ3n) is 4.82. The topological polar surface area (TPSA) is 84.7 Å². The van der Waals surface area contributed by atoms with Crippen molar-refractivity contribution in [2.45, 2.75) is 19.5 Å². The van der Waals surface area contributed by atoms with Crippen LogP contribution in [-0.4, -0.2) is 25.0 Å². The Morgan fingerprint density at radius 3 is 2.54 bits per heavy atom. The van der Waals surface area contributed by atoms with Gasteiger partial charge in [-0.25, -0.2) is 9.78 Å². The number of aromatic amines is 1. The van der Waals surface area contributed by atoms with Crippen molar-refractivity contribution in [1.29, 1.82) is 0 Å². The highest BCUT2D eigenvalue weighted by molar-refractivity contribution is 5.81. The van der Waals surface area contributed by atoms with E-state index in [1.807, 2.05) is 61.5 Å². The van der Waals surface area contributed by atoms with Gasteiger partial charge < -0.3 is 10.3 Å². The fraction of sp³-hybridized carbons (Fsp3) is 0.190. The summed E-state index contributed by atoms with van der Waals surface area (Å²) in [6, 6.07) is 17.0. The smallest absolute Gasteiger partial charge is 0.329 e. The minimum Gasteiger partial charge on any atom is -0.345 e. The van der Waals surface area contributed by atoms with Crippen LogP contribution in [0, 0.1) is 0 Å². The Bertz CT molecular complexity index is 1190. The number of fused-ring (bicyclic) bond motifs is 1. The molecule has 0 aliphatic heterocycles. The zero-order valence-corrected chi connectivity index (χ0v) is 15.7. The molecule has 2 heterocycles. The molecule has 0 fully saturated rings. The zero-order chi connectivity index (χ0) is 19.7. The van der Waals surface area contributed by atoms with E-state index in [1.54, 1.807) is 17.8 Å². The molecule has 1 atom stereocenters. The van der Waals surface area contributed by atoms with Crippen LogP contribution >= 0.6 is 0 Å². The molecule has 4 rings (SSSR count). The first-order chi connectivity index (χ1) is 13.5. The van der Waals surface area contributed by atoms with Crippen LogP contribution in [0.15, 0.2) is 65.6 Å². The number of aromatic nitrogens is 4.